The average Bonchev–Trinajstić information content (AvgIpc) is 2.28. The summed E-state index contributed by atoms with van der Waals surface area (Å²) in [6, 6.07) is 2.93. The second-order valence-electron chi connectivity index (χ2n) is 3.52. The van der Waals surface area contributed by atoms with Crippen LogP contribution >= 0.6 is 0 Å². The molecule has 0 fully saturated rings. The molecule has 1 aromatic carbocycles. The van der Waals surface area contributed by atoms with Crippen LogP contribution in [0.5, 0.6) is 5.75 Å². The smallest absolute Gasteiger partial charge is 0.272 e. The van der Waals surface area contributed by atoms with E-state index < -0.39 is 10.8 Å². The largest absolute Gasteiger partial charge is 0.483 e. The maximum absolute atomic E-state index is 10.9. The van der Waals surface area contributed by atoms with Gasteiger partial charge in [0.2, 0.25) is 0 Å². The third-order valence-electron chi connectivity index (χ3n) is 2.21. The summed E-state index contributed by atoms with van der Waals surface area (Å²) in [5, 5.41) is 10.7. The van der Waals surface area contributed by atoms with Crippen molar-refractivity contribution in [3.63, 3.8) is 0 Å². The van der Waals surface area contributed by atoms with E-state index in [2.05, 4.69) is 0 Å². The van der Waals surface area contributed by atoms with Gasteiger partial charge in [0.1, 0.15) is 5.75 Å². The van der Waals surface area contributed by atoms with Gasteiger partial charge in [-0.15, -0.1) is 0 Å². The molecule has 17 heavy (non-hydrogen) atoms. The molecule has 0 bridgehead atoms. The summed E-state index contributed by atoms with van der Waals surface area (Å²) in [6.07, 6.45) is 0. The Morgan fingerprint density at radius 1 is 1.47 bits per heavy atom. The van der Waals surface area contributed by atoms with Crippen LogP contribution < -0.4 is 16.0 Å². The molecule has 0 aliphatic rings. The zero-order valence-electron chi connectivity index (χ0n) is 9.52. The van der Waals surface area contributed by atoms with Crippen molar-refractivity contribution < 1.29 is 14.5 Å². The summed E-state index contributed by atoms with van der Waals surface area (Å²) >= 11 is 0. The molecule has 0 aliphatic heterocycles. The second-order valence-corrected chi connectivity index (χ2v) is 3.52. The number of nitro groups is 1. The standard InChI is InChI=1S/C10H13N3O4/c1-6-4-9(17-5-10(14)12-11)7(2)3-8(6)13(15)16/h3-4H,5,11H2,1-2H3,(H,12,14). The quantitative estimate of drug-likeness (QED) is 0.346. The van der Waals surface area contributed by atoms with Crippen LogP contribution in [0, 0.1) is 24.0 Å². The number of amides is 1. The number of hydrogen-bond acceptors (Lipinski definition) is 5. The number of hydrazine groups is 1. The van der Waals surface area contributed by atoms with E-state index in [1.165, 1.54) is 12.1 Å². The number of rotatable bonds is 4. The van der Waals surface area contributed by atoms with Crippen LogP contribution in [0.1, 0.15) is 11.1 Å². The monoisotopic (exact) mass is 239 g/mol. The van der Waals surface area contributed by atoms with Crippen LogP contribution in [0.15, 0.2) is 12.1 Å². The number of nitro benzene ring substituents is 1. The molecule has 0 aliphatic carbocycles. The maximum atomic E-state index is 10.9. The highest BCUT2D eigenvalue weighted by molar-refractivity contribution is 5.76. The zero-order valence-corrected chi connectivity index (χ0v) is 9.52. The zero-order chi connectivity index (χ0) is 13.0. The number of nitrogens with one attached hydrogen (secondary N) is 1. The van der Waals surface area contributed by atoms with Gasteiger partial charge in [-0.1, -0.05) is 0 Å². The minimum atomic E-state index is -0.472. The molecule has 3 N–H and O–H groups in total. The van der Waals surface area contributed by atoms with Crippen molar-refractivity contribution in [2.45, 2.75) is 13.8 Å². The lowest BCUT2D eigenvalue weighted by molar-refractivity contribution is -0.385. The number of carbonyl (C=O) groups is 1. The minimum absolute atomic E-state index is 0.0260. The molecule has 92 valence electrons. The number of benzene rings is 1. The van der Waals surface area contributed by atoms with Gasteiger partial charge in [0.15, 0.2) is 6.61 Å². The second kappa shape index (κ2) is 5.26. The van der Waals surface area contributed by atoms with Gasteiger partial charge >= 0.3 is 0 Å². The lowest BCUT2D eigenvalue weighted by atomic mass is 10.1. The van der Waals surface area contributed by atoms with Crippen LogP contribution in [-0.4, -0.2) is 17.4 Å². The molecule has 0 saturated carbocycles. The summed E-state index contributed by atoms with van der Waals surface area (Å²) in [6.45, 7) is 3.05. The van der Waals surface area contributed by atoms with E-state index in [0.717, 1.165) is 0 Å². The lowest BCUT2D eigenvalue weighted by Gasteiger charge is -2.09. The van der Waals surface area contributed by atoms with Crippen molar-refractivity contribution in [1.29, 1.82) is 0 Å². The number of nitrogens with zero attached hydrogens (tertiary/aromatic N) is 1. The Morgan fingerprint density at radius 2 is 2.12 bits per heavy atom. The van der Waals surface area contributed by atoms with Gasteiger partial charge in [-0.05, 0) is 25.5 Å². The molecule has 1 aromatic rings. The third kappa shape index (κ3) is 3.15. The van der Waals surface area contributed by atoms with Gasteiger partial charge in [-0.25, -0.2) is 5.84 Å². The fraction of sp³-hybridized carbons (Fsp3) is 0.300. The Balaban J connectivity index is 2.92. The van der Waals surface area contributed by atoms with Gasteiger partial charge in [-0.3, -0.25) is 20.3 Å². The molecule has 0 heterocycles. The van der Waals surface area contributed by atoms with Crippen molar-refractivity contribution in [2.75, 3.05) is 6.61 Å². The molecule has 0 saturated heterocycles. The van der Waals surface area contributed by atoms with Crippen LogP contribution in [0.3, 0.4) is 0 Å². The number of carbonyl (C=O) groups excluding carboxylic acids is 1. The van der Waals surface area contributed by atoms with E-state index in [1.807, 2.05) is 5.43 Å². The first kappa shape index (κ1) is 12.9. The minimum Gasteiger partial charge on any atom is -0.483 e. The Morgan fingerprint density at radius 3 is 2.65 bits per heavy atom. The highest BCUT2D eigenvalue weighted by Gasteiger charge is 2.14. The van der Waals surface area contributed by atoms with Gasteiger partial charge in [0.25, 0.3) is 11.6 Å². The normalized spacial score (nSPS) is 9.82. The van der Waals surface area contributed by atoms with Crippen molar-refractivity contribution in [3.05, 3.63) is 33.4 Å². The molecule has 1 rings (SSSR count). The van der Waals surface area contributed by atoms with Crippen molar-refractivity contribution >= 4 is 11.6 Å². The molecule has 0 radical (unpaired) electrons. The summed E-state index contributed by atoms with van der Waals surface area (Å²) in [5.74, 6) is 4.85. The maximum Gasteiger partial charge on any atom is 0.272 e. The number of ether oxygens (including phenoxy) is 1. The predicted molar refractivity (Wildman–Crippen MR) is 60.4 cm³/mol. The first-order valence-corrected chi connectivity index (χ1v) is 4.83. The fourth-order valence-electron chi connectivity index (χ4n) is 1.31. The van der Waals surface area contributed by atoms with E-state index in [0.29, 0.717) is 16.9 Å². The van der Waals surface area contributed by atoms with E-state index in [-0.39, 0.29) is 12.3 Å². The molecule has 7 heteroatoms. The average molecular weight is 239 g/mol. The van der Waals surface area contributed by atoms with Gasteiger partial charge in [0, 0.05) is 11.6 Å². The van der Waals surface area contributed by atoms with Crippen LogP contribution in [-0.2, 0) is 4.79 Å². The van der Waals surface area contributed by atoms with Crippen molar-refractivity contribution in [3.8, 4) is 5.75 Å². The van der Waals surface area contributed by atoms with Crippen LogP contribution in [0.2, 0.25) is 0 Å². The van der Waals surface area contributed by atoms with Crippen LogP contribution in [0.4, 0.5) is 5.69 Å². The molecular weight excluding hydrogens is 226 g/mol. The summed E-state index contributed by atoms with van der Waals surface area (Å²) in [4.78, 5) is 21.1. The van der Waals surface area contributed by atoms with E-state index in [1.54, 1.807) is 13.8 Å². The number of aryl methyl sites for hydroxylation is 2. The Hall–Kier alpha value is -2.15. The molecule has 0 unspecified atom stereocenters. The third-order valence-corrected chi connectivity index (χ3v) is 2.21. The van der Waals surface area contributed by atoms with Crippen LogP contribution in [0.25, 0.3) is 0 Å². The summed E-state index contributed by atoms with van der Waals surface area (Å²) in [5.41, 5.74) is 3.02. The van der Waals surface area contributed by atoms with E-state index in [9.17, 15) is 14.9 Å². The predicted octanol–water partition coefficient (Wildman–Crippen LogP) is 0.580. The van der Waals surface area contributed by atoms with Gasteiger partial charge in [0.05, 0.1) is 4.92 Å². The molecule has 7 nitrogen and oxygen atoms in total. The molecular formula is C10H13N3O4. The highest BCUT2D eigenvalue weighted by atomic mass is 16.6. The molecule has 0 atom stereocenters. The number of nitrogens with two attached hydrogens (primary N) is 1. The Labute approximate surface area is 97.7 Å². The molecule has 0 aromatic heterocycles. The van der Waals surface area contributed by atoms with Gasteiger partial charge in [-0.2, -0.15) is 0 Å². The molecule has 1 amide bonds. The highest BCUT2D eigenvalue weighted by Crippen LogP contribution is 2.27. The number of hydrogen-bond donors (Lipinski definition) is 2. The Kier molecular flexibility index (Phi) is 4.00. The van der Waals surface area contributed by atoms with Gasteiger partial charge < -0.3 is 4.74 Å². The fourth-order valence-corrected chi connectivity index (χ4v) is 1.31. The van der Waals surface area contributed by atoms with Crippen molar-refractivity contribution in [1.82, 2.24) is 5.43 Å². The first-order valence-electron chi connectivity index (χ1n) is 4.83. The van der Waals surface area contributed by atoms with E-state index in [4.69, 9.17) is 10.6 Å². The SMILES string of the molecule is Cc1cc([N+](=O)[O-])c(C)cc1OCC(=O)NN. The topological polar surface area (TPSA) is 107 Å². The lowest BCUT2D eigenvalue weighted by Crippen LogP contribution is -2.34. The summed E-state index contributed by atoms with van der Waals surface area (Å²) < 4.78 is 5.19. The first-order chi connectivity index (χ1) is 7.95. The summed E-state index contributed by atoms with van der Waals surface area (Å²) in [7, 11) is 0. The van der Waals surface area contributed by atoms with E-state index >= 15 is 0 Å². The van der Waals surface area contributed by atoms with Crippen molar-refractivity contribution in [2.24, 2.45) is 5.84 Å². The molecule has 0 spiro atoms. The Bertz CT molecular complexity index is 459.